The lowest BCUT2D eigenvalue weighted by Gasteiger charge is -2.34. The Labute approximate surface area is 260 Å². The molecular weight excluding hydrogens is 576 g/mol. The summed E-state index contributed by atoms with van der Waals surface area (Å²) in [6, 6.07) is 6.02. The lowest BCUT2D eigenvalue weighted by Crippen LogP contribution is -2.43. The van der Waals surface area contributed by atoms with Crippen LogP contribution in [0.25, 0.3) is 32.9 Å². The molecule has 3 saturated heterocycles. The van der Waals surface area contributed by atoms with E-state index in [1.54, 1.807) is 18.3 Å². The summed E-state index contributed by atoms with van der Waals surface area (Å²) in [5.41, 5.74) is 1.78. The standard InChI is InChI=1S/C35H37F2N5O3/c1-3-24-27(36)6-5-21-11-23(43)12-25(29(21)24)31-30(37)32-26(14-38-31)33(41-16-20-9-22(17-41)28(44)10-20)40-34(39-32)45-18-35-7-4-8-42(35)15-19(2)13-35/h5-6,11-12,14,20,22,28,43-44H,2-4,7-10,13,15-18H2,1H3/t20-,22-,28-,35-/m1/s1. The van der Waals surface area contributed by atoms with E-state index >= 15 is 4.39 Å². The van der Waals surface area contributed by atoms with E-state index in [2.05, 4.69) is 26.3 Å². The molecule has 4 atom stereocenters. The molecule has 8 rings (SSSR count). The van der Waals surface area contributed by atoms with Crippen molar-refractivity contribution in [1.82, 2.24) is 19.9 Å². The molecule has 2 N–H and O–H groups in total. The number of ether oxygens (including phenoxy) is 1. The number of aromatic hydroxyl groups is 1. The number of piperidine rings is 1. The minimum atomic E-state index is -0.686. The van der Waals surface area contributed by atoms with Crippen molar-refractivity contribution in [2.24, 2.45) is 11.8 Å². The highest BCUT2D eigenvalue weighted by Crippen LogP contribution is 2.44. The molecule has 10 heteroatoms. The predicted octanol–water partition coefficient (Wildman–Crippen LogP) is 5.77. The van der Waals surface area contributed by atoms with Gasteiger partial charge in [0.05, 0.1) is 17.0 Å². The van der Waals surface area contributed by atoms with Crippen LogP contribution in [0.4, 0.5) is 14.6 Å². The summed E-state index contributed by atoms with van der Waals surface area (Å²) in [6.45, 7) is 9.57. The lowest BCUT2D eigenvalue weighted by atomic mass is 9.94. The van der Waals surface area contributed by atoms with Gasteiger partial charge in [-0.05, 0) is 85.5 Å². The van der Waals surface area contributed by atoms with Crippen LogP contribution in [0.3, 0.4) is 0 Å². The van der Waals surface area contributed by atoms with Crippen LogP contribution >= 0.6 is 0 Å². The van der Waals surface area contributed by atoms with E-state index in [-0.39, 0.29) is 40.5 Å². The van der Waals surface area contributed by atoms with Gasteiger partial charge in [0.25, 0.3) is 0 Å². The zero-order valence-corrected chi connectivity index (χ0v) is 25.4. The molecule has 1 aliphatic carbocycles. The Bertz CT molecular complexity index is 1870. The molecule has 0 unspecified atom stereocenters. The van der Waals surface area contributed by atoms with Crippen molar-refractivity contribution < 1.29 is 23.7 Å². The van der Waals surface area contributed by atoms with E-state index in [4.69, 9.17) is 9.72 Å². The van der Waals surface area contributed by atoms with Gasteiger partial charge in [-0.1, -0.05) is 25.1 Å². The monoisotopic (exact) mass is 613 g/mol. The molecule has 0 radical (unpaired) electrons. The first kappa shape index (κ1) is 28.6. The Kier molecular flexibility index (Phi) is 6.73. The van der Waals surface area contributed by atoms with E-state index in [9.17, 15) is 14.6 Å². The number of hydrogen-bond acceptors (Lipinski definition) is 8. The summed E-state index contributed by atoms with van der Waals surface area (Å²) >= 11 is 0. The van der Waals surface area contributed by atoms with Crippen molar-refractivity contribution in [2.45, 2.75) is 57.1 Å². The van der Waals surface area contributed by atoms with Crippen molar-refractivity contribution in [3.63, 3.8) is 0 Å². The lowest BCUT2D eigenvalue weighted by molar-refractivity contribution is 0.108. The van der Waals surface area contributed by atoms with Crippen LogP contribution in [-0.2, 0) is 6.42 Å². The zero-order chi connectivity index (χ0) is 31.0. The number of aromatic nitrogens is 3. The van der Waals surface area contributed by atoms with Gasteiger partial charge in [-0.25, -0.2) is 8.78 Å². The Balaban J connectivity index is 1.27. The number of phenols is 1. The second-order valence-corrected chi connectivity index (χ2v) is 13.5. The minimum absolute atomic E-state index is 0.0268. The number of nitrogens with zero attached hydrogens (tertiary/aromatic N) is 5. The van der Waals surface area contributed by atoms with Gasteiger partial charge in [0.1, 0.15) is 35.2 Å². The maximum atomic E-state index is 16.8. The van der Waals surface area contributed by atoms with Gasteiger partial charge in [-0.2, -0.15) is 9.97 Å². The molecule has 45 heavy (non-hydrogen) atoms. The number of hydrogen-bond donors (Lipinski definition) is 2. The molecule has 4 aromatic rings. The number of halogens is 2. The number of rotatable bonds is 6. The summed E-state index contributed by atoms with van der Waals surface area (Å²) in [7, 11) is 0. The second-order valence-electron chi connectivity index (χ2n) is 13.5. The Hall–Kier alpha value is -3.89. The highest BCUT2D eigenvalue weighted by Gasteiger charge is 2.47. The highest BCUT2D eigenvalue weighted by molar-refractivity contribution is 6.01. The van der Waals surface area contributed by atoms with E-state index in [0.717, 1.165) is 45.2 Å². The van der Waals surface area contributed by atoms with Crippen molar-refractivity contribution in [2.75, 3.05) is 37.7 Å². The molecule has 0 spiro atoms. The summed E-state index contributed by atoms with van der Waals surface area (Å²) in [6.07, 6.45) is 6.22. The predicted molar refractivity (Wildman–Crippen MR) is 168 cm³/mol. The fraction of sp³-hybridized carbons (Fsp3) is 0.457. The maximum Gasteiger partial charge on any atom is 0.319 e. The third-order valence-corrected chi connectivity index (χ3v) is 10.6. The maximum absolute atomic E-state index is 16.8. The second kappa shape index (κ2) is 10.6. The van der Waals surface area contributed by atoms with Gasteiger partial charge in [0.2, 0.25) is 0 Å². The molecule has 2 aromatic carbocycles. The average Bonchev–Trinajstić information content (AvgIpc) is 3.63. The van der Waals surface area contributed by atoms with Gasteiger partial charge in [-0.15, -0.1) is 0 Å². The van der Waals surface area contributed by atoms with Crippen molar-refractivity contribution >= 4 is 27.5 Å². The van der Waals surface area contributed by atoms with Crippen molar-refractivity contribution in [3.8, 4) is 23.0 Å². The third kappa shape index (κ3) is 4.63. The number of aliphatic hydroxyl groups is 1. The van der Waals surface area contributed by atoms with E-state index in [1.807, 2.05) is 6.92 Å². The molecule has 4 aliphatic rings. The van der Waals surface area contributed by atoms with E-state index in [0.29, 0.717) is 65.1 Å². The van der Waals surface area contributed by atoms with Crippen LogP contribution in [0.2, 0.25) is 0 Å². The summed E-state index contributed by atoms with van der Waals surface area (Å²) in [4.78, 5) is 18.6. The number of phenolic OH excluding ortho intramolecular Hbond substituents is 1. The summed E-state index contributed by atoms with van der Waals surface area (Å²) < 4.78 is 38.2. The third-order valence-electron chi connectivity index (χ3n) is 10.6. The van der Waals surface area contributed by atoms with Crippen LogP contribution < -0.4 is 9.64 Å². The smallest absolute Gasteiger partial charge is 0.319 e. The Morgan fingerprint density at radius 1 is 1.16 bits per heavy atom. The van der Waals surface area contributed by atoms with Crippen LogP contribution in [0.15, 0.2) is 42.6 Å². The number of benzene rings is 2. The van der Waals surface area contributed by atoms with Crippen LogP contribution in [0.5, 0.6) is 11.8 Å². The van der Waals surface area contributed by atoms with E-state index in [1.165, 1.54) is 17.7 Å². The molecular formula is C35H37F2N5O3. The quantitative estimate of drug-likeness (QED) is 0.265. The Morgan fingerprint density at radius 3 is 2.84 bits per heavy atom. The number of aryl methyl sites for hydroxylation is 1. The topological polar surface area (TPSA) is 94.8 Å². The van der Waals surface area contributed by atoms with Gasteiger partial charge in [-0.3, -0.25) is 9.88 Å². The molecule has 2 aromatic heterocycles. The number of pyridine rings is 1. The number of aliphatic hydroxyl groups excluding tert-OH is 1. The first-order chi connectivity index (χ1) is 21.7. The van der Waals surface area contributed by atoms with Crippen LogP contribution in [-0.4, -0.2) is 74.5 Å². The molecule has 4 fully saturated rings. The van der Waals surface area contributed by atoms with Crippen molar-refractivity contribution in [1.29, 1.82) is 0 Å². The molecule has 1 saturated carbocycles. The molecule has 2 bridgehead atoms. The molecule has 8 nitrogen and oxygen atoms in total. The van der Waals surface area contributed by atoms with Crippen molar-refractivity contribution in [3.05, 3.63) is 59.8 Å². The van der Waals surface area contributed by atoms with Gasteiger partial charge in [0, 0.05) is 37.3 Å². The van der Waals surface area contributed by atoms with Crippen LogP contribution in [0.1, 0.15) is 44.6 Å². The molecule has 3 aliphatic heterocycles. The SMILES string of the molecule is C=C1CN2CCC[C@]2(COc2nc(N3C[C@@H]4C[C@H](C3)[C@H](O)C4)c3cnc(-c4cc(O)cc5ccc(F)c(CC)c45)c(F)c3n2)C1. The van der Waals surface area contributed by atoms with Gasteiger partial charge in [0.15, 0.2) is 5.82 Å². The van der Waals surface area contributed by atoms with Gasteiger partial charge < -0.3 is 19.8 Å². The van der Waals surface area contributed by atoms with Gasteiger partial charge >= 0.3 is 6.01 Å². The van der Waals surface area contributed by atoms with E-state index < -0.39 is 11.6 Å². The highest BCUT2D eigenvalue weighted by atomic mass is 19.1. The fourth-order valence-electron chi connectivity index (χ4n) is 8.60. The first-order valence-electron chi connectivity index (χ1n) is 16.0. The molecule has 5 heterocycles. The fourth-order valence-corrected chi connectivity index (χ4v) is 8.60. The zero-order valence-electron chi connectivity index (χ0n) is 25.4. The number of fused-ring (bicyclic) bond motifs is 5. The first-order valence-corrected chi connectivity index (χ1v) is 16.0. The molecule has 0 amide bonds. The normalized spacial score (nSPS) is 26.4. The summed E-state index contributed by atoms with van der Waals surface area (Å²) in [5.74, 6) is -0.173. The number of anilines is 1. The minimum Gasteiger partial charge on any atom is -0.508 e. The summed E-state index contributed by atoms with van der Waals surface area (Å²) in [5, 5.41) is 22.7. The largest absolute Gasteiger partial charge is 0.508 e. The Morgan fingerprint density at radius 2 is 2.02 bits per heavy atom. The average molecular weight is 614 g/mol. The molecule has 234 valence electrons. The van der Waals surface area contributed by atoms with Crippen LogP contribution in [0, 0.1) is 23.5 Å².